The molecule has 16 heavy (non-hydrogen) atoms. The molecule has 84 valence electrons. The quantitative estimate of drug-likeness (QED) is 0.785. The van der Waals surface area contributed by atoms with Crippen LogP contribution < -0.4 is 0 Å². The van der Waals surface area contributed by atoms with Crippen LogP contribution in [0.25, 0.3) is 10.8 Å². The molecule has 0 aliphatic rings. The second kappa shape index (κ2) is 4.35. The Morgan fingerprint density at radius 3 is 2.75 bits per heavy atom. The van der Waals surface area contributed by atoms with Gasteiger partial charge in [0.05, 0.1) is 5.75 Å². The van der Waals surface area contributed by atoms with Gasteiger partial charge >= 0.3 is 0 Å². The topological polar surface area (TPSA) is 59.9 Å². The molecule has 0 radical (unpaired) electrons. The zero-order valence-corrected chi connectivity index (χ0v) is 9.87. The highest BCUT2D eigenvalue weighted by molar-refractivity contribution is 8.13. The summed E-state index contributed by atoms with van der Waals surface area (Å²) >= 11 is 0. The van der Waals surface area contributed by atoms with Crippen molar-refractivity contribution in [2.24, 2.45) is 0 Å². The maximum Gasteiger partial charge on any atom is 0.232 e. The molecule has 2 rings (SSSR count). The maximum absolute atomic E-state index is 10.9. The average molecular weight is 257 g/mol. The number of hydrogen-bond donors (Lipinski definition) is 0. The van der Waals surface area contributed by atoms with Crippen molar-refractivity contribution in [2.75, 3.05) is 5.75 Å². The van der Waals surface area contributed by atoms with Crippen LogP contribution in [0.2, 0.25) is 0 Å². The van der Waals surface area contributed by atoms with E-state index in [4.69, 9.17) is 10.7 Å². The molecule has 0 atom stereocenters. The normalized spacial score (nSPS) is 11.8. The fraction of sp³-hybridized carbons (Fsp3) is 0.200. The number of pyridine rings is 2. The van der Waals surface area contributed by atoms with E-state index in [1.165, 1.54) is 0 Å². The van der Waals surface area contributed by atoms with Gasteiger partial charge < -0.3 is 0 Å². The standard InChI is InChI=1S/C10H9ClN2O2S/c11-16(14,15)4-2-9-6-13-5-8-1-3-12-7-10(8)9/h1,3,5-7H,2,4H2. The number of aromatic nitrogens is 2. The molecule has 0 saturated carbocycles. The largest absolute Gasteiger partial charge is 0.264 e. The lowest BCUT2D eigenvalue weighted by atomic mass is 10.1. The summed E-state index contributed by atoms with van der Waals surface area (Å²) < 4.78 is 21.7. The molecule has 0 spiro atoms. The van der Waals surface area contributed by atoms with Gasteiger partial charge in [-0.1, -0.05) is 0 Å². The molecule has 2 heterocycles. The number of nitrogens with zero attached hydrogens (tertiary/aromatic N) is 2. The lowest BCUT2D eigenvalue weighted by Gasteiger charge is -2.03. The van der Waals surface area contributed by atoms with Crippen molar-refractivity contribution in [2.45, 2.75) is 6.42 Å². The van der Waals surface area contributed by atoms with E-state index in [2.05, 4.69) is 9.97 Å². The molecule has 4 nitrogen and oxygen atoms in total. The molecule has 0 N–H and O–H groups in total. The van der Waals surface area contributed by atoms with Crippen molar-refractivity contribution >= 4 is 30.5 Å². The molecule has 6 heteroatoms. The summed E-state index contributed by atoms with van der Waals surface area (Å²) in [6.45, 7) is 0. The SMILES string of the molecule is O=S(=O)(Cl)CCc1cncc2ccncc12. The summed E-state index contributed by atoms with van der Waals surface area (Å²) in [5.74, 6) is -0.0930. The van der Waals surface area contributed by atoms with Gasteiger partial charge in [0.25, 0.3) is 0 Å². The van der Waals surface area contributed by atoms with Gasteiger partial charge in [-0.2, -0.15) is 0 Å². The minimum atomic E-state index is -3.47. The summed E-state index contributed by atoms with van der Waals surface area (Å²) in [7, 11) is 1.70. The number of halogens is 1. The molecule has 0 unspecified atom stereocenters. The molecule has 0 aliphatic carbocycles. The minimum Gasteiger partial charge on any atom is -0.264 e. The second-order valence-corrected chi connectivity index (χ2v) is 6.28. The Morgan fingerprint density at radius 2 is 2.00 bits per heavy atom. The molecule has 0 bridgehead atoms. The lowest BCUT2D eigenvalue weighted by Crippen LogP contribution is -2.02. The smallest absolute Gasteiger partial charge is 0.232 e. The van der Waals surface area contributed by atoms with Gasteiger partial charge in [-0.25, -0.2) is 8.42 Å². The van der Waals surface area contributed by atoms with E-state index in [1.54, 1.807) is 24.8 Å². The Labute approximate surface area is 97.7 Å². The molecule has 0 aromatic carbocycles. The summed E-state index contributed by atoms with van der Waals surface area (Å²) in [6, 6.07) is 1.83. The summed E-state index contributed by atoms with van der Waals surface area (Å²) in [6.07, 6.45) is 7.09. The van der Waals surface area contributed by atoms with Crippen LogP contribution in [-0.2, 0) is 15.5 Å². The van der Waals surface area contributed by atoms with Crippen molar-refractivity contribution in [3.8, 4) is 0 Å². The predicted octanol–water partition coefficient (Wildman–Crippen LogP) is 1.74. The van der Waals surface area contributed by atoms with Crippen LogP contribution in [0.1, 0.15) is 5.56 Å². The first-order valence-corrected chi connectivity index (χ1v) is 7.13. The van der Waals surface area contributed by atoms with Crippen LogP contribution in [0.4, 0.5) is 0 Å². The van der Waals surface area contributed by atoms with Crippen LogP contribution >= 0.6 is 10.7 Å². The Morgan fingerprint density at radius 1 is 1.19 bits per heavy atom. The fourth-order valence-electron chi connectivity index (χ4n) is 1.49. The molecular weight excluding hydrogens is 248 g/mol. The minimum absolute atomic E-state index is 0.0930. The molecule has 0 aliphatic heterocycles. The van der Waals surface area contributed by atoms with Crippen LogP contribution in [0.15, 0.2) is 30.9 Å². The molecule has 2 aromatic heterocycles. The van der Waals surface area contributed by atoms with Crippen molar-refractivity contribution in [3.63, 3.8) is 0 Å². The molecule has 2 aromatic rings. The van der Waals surface area contributed by atoms with E-state index in [9.17, 15) is 8.42 Å². The lowest BCUT2D eigenvalue weighted by molar-refractivity contribution is 0.609. The van der Waals surface area contributed by atoms with Gasteiger partial charge in [0, 0.05) is 46.2 Å². The van der Waals surface area contributed by atoms with E-state index < -0.39 is 9.05 Å². The van der Waals surface area contributed by atoms with E-state index in [0.29, 0.717) is 6.42 Å². The zero-order chi connectivity index (χ0) is 11.6. The molecule has 0 fully saturated rings. The highest BCUT2D eigenvalue weighted by Gasteiger charge is 2.08. The van der Waals surface area contributed by atoms with Gasteiger partial charge in [-0.15, -0.1) is 0 Å². The Bertz CT molecular complexity index is 608. The first kappa shape index (κ1) is 11.3. The van der Waals surface area contributed by atoms with Gasteiger partial charge in [-0.3, -0.25) is 9.97 Å². The highest BCUT2D eigenvalue weighted by Crippen LogP contribution is 2.17. The third-order valence-electron chi connectivity index (χ3n) is 2.26. The third-order valence-corrected chi connectivity index (χ3v) is 3.41. The molecule has 0 saturated heterocycles. The Balaban J connectivity index is 2.38. The molecular formula is C10H9ClN2O2S. The van der Waals surface area contributed by atoms with Crippen LogP contribution in [0, 0.1) is 0 Å². The zero-order valence-electron chi connectivity index (χ0n) is 8.30. The Kier molecular flexibility index (Phi) is 3.07. The van der Waals surface area contributed by atoms with Crippen LogP contribution in [-0.4, -0.2) is 24.1 Å². The van der Waals surface area contributed by atoms with E-state index in [0.717, 1.165) is 16.3 Å². The molecule has 0 amide bonds. The second-order valence-electron chi connectivity index (χ2n) is 3.39. The Hall–Kier alpha value is -1.20. The summed E-state index contributed by atoms with van der Waals surface area (Å²) in [5, 5.41) is 1.86. The number of rotatable bonds is 3. The van der Waals surface area contributed by atoms with Crippen molar-refractivity contribution in [3.05, 3.63) is 36.4 Å². The van der Waals surface area contributed by atoms with Gasteiger partial charge in [0.2, 0.25) is 9.05 Å². The highest BCUT2D eigenvalue weighted by atomic mass is 35.7. The number of aryl methyl sites for hydroxylation is 1. The van der Waals surface area contributed by atoms with E-state index in [-0.39, 0.29) is 5.75 Å². The average Bonchev–Trinajstić information content (AvgIpc) is 2.25. The van der Waals surface area contributed by atoms with Gasteiger partial charge in [0.15, 0.2) is 0 Å². The monoisotopic (exact) mass is 256 g/mol. The first-order chi connectivity index (χ1) is 7.56. The summed E-state index contributed by atoms with van der Waals surface area (Å²) in [5.41, 5.74) is 0.842. The first-order valence-electron chi connectivity index (χ1n) is 4.65. The van der Waals surface area contributed by atoms with Crippen molar-refractivity contribution < 1.29 is 8.42 Å². The van der Waals surface area contributed by atoms with Gasteiger partial charge in [0.1, 0.15) is 0 Å². The van der Waals surface area contributed by atoms with Crippen molar-refractivity contribution in [1.29, 1.82) is 0 Å². The fourth-order valence-corrected chi connectivity index (χ4v) is 2.19. The summed E-state index contributed by atoms with van der Waals surface area (Å²) in [4.78, 5) is 8.06. The number of hydrogen-bond acceptors (Lipinski definition) is 4. The van der Waals surface area contributed by atoms with Gasteiger partial charge in [-0.05, 0) is 18.1 Å². The van der Waals surface area contributed by atoms with E-state index in [1.807, 2.05) is 6.07 Å². The maximum atomic E-state index is 10.9. The van der Waals surface area contributed by atoms with E-state index >= 15 is 0 Å². The number of fused-ring (bicyclic) bond motifs is 1. The van der Waals surface area contributed by atoms with Crippen LogP contribution in [0.3, 0.4) is 0 Å². The van der Waals surface area contributed by atoms with Crippen molar-refractivity contribution in [1.82, 2.24) is 9.97 Å². The third kappa shape index (κ3) is 2.68. The van der Waals surface area contributed by atoms with Crippen LogP contribution in [0.5, 0.6) is 0 Å². The predicted molar refractivity (Wildman–Crippen MR) is 62.9 cm³/mol.